The van der Waals surface area contributed by atoms with Crippen LogP contribution in [0.3, 0.4) is 0 Å². The van der Waals surface area contributed by atoms with Gasteiger partial charge in [-0.1, -0.05) is 31.5 Å². The van der Waals surface area contributed by atoms with Gasteiger partial charge in [0.05, 0.1) is 11.6 Å². The van der Waals surface area contributed by atoms with Gasteiger partial charge in [0.15, 0.2) is 0 Å². The van der Waals surface area contributed by atoms with E-state index >= 15 is 0 Å². The Morgan fingerprint density at radius 2 is 2.17 bits per heavy atom. The third-order valence-corrected chi connectivity index (χ3v) is 2.87. The Morgan fingerprint density at radius 1 is 1.44 bits per heavy atom. The topological polar surface area (TPSA) is 26.3 Å². The van der Waals surface area contributed by atoms with E-state index in [0.29, 0.717) is 35.3 Å². The van der Waals surface area contributed by atoms with Gasteiger partial charge in [-0.3, -0.25) is 4.79 Å². The molecule has 0 heterocycles. The van der Waals surface area contributed by atoms with E-state index in [4.69, 9.17) is 16.3 Å². The van der Waals surface area contributed by atoms with Crippen LogP contribution in [0, 0.1) is 5.92 Å². The molecule has 0 N–H and O–H groups in total. The van der Waals surface area contributed by atoms with Crippen molar-refractivity contribution in [1.29, 1.82) is 0 Å². The van der Waals surface area contributed by atoms with Crippen LogP contribution in [0.5, 0.6) is 5.75 Å². The fourth-order valence-corrected chi connectivity index (χ4v) is 1.91. The molecule has 0 unspecified atom stereocenters. The van der Waals surface area contributed by atoms with Crippen LogP contribution in [0.1, 0.15) is 36.2 Å². The summed E-state index contributed by atoms with van der Waals surface area (Å²) in [5.41, 5.74) is 1.47. The molecule has 0 radical (unpaired) electrons. The fourth-order valence-electron chi connectivity index (χ4n) is 1.61. The van der Waals surface area contributed by atoms with E-state index in [0.717, 1.165) is 18.3 Å². The molecule has 0 saturated carbocycles. The van der Waals surface area contributed by atoms with Crippen molar-refractivity contribution in [2.75, 3.05) is 6.61 Å². The maximum atomic E-state index is 10.8. The van der Waals surface area contributed by atoms with Gasteiger partial charge in [-0.25, -0.2) is 0 Å². The minimum absolute atomic E-state index is 0.486. The second kappa shape index (κ2) is 7.22. The van der Waals surface area contributed by atoms with Crippen molar-refractivity contribution < 1.29 is 9.53 Å². The molecular formula is C15H19ClO2. The number of halogens is 1. The first-order chi connectivity index (χ1) is 8.58. The average Bonchev–Trinajstić information content (AvgIpc) is 2.32. The lowest BCUT2D eigenvalue weighted by Gasteiger charge is -2.14. The quantitative estimate of drug-likeness (QED) is 0.543. The van der Waals surface area contributed by atoms with Gasteiger partial charge in [0, 0.05) is 11.1 Å². The average molecular weight is 267 g/mol. The Hall–Kier alpha value is -1.28. The summed E-state index contributed by atoms with van der Waals surface area (Å²) >= 11 is 6.15. The second-order valence-corrected chi connectivity index (χ2v) is 5.04. The largest absolute Gasteiger partial charge is 0.492 e. The summed E-state index contributed by atoms with van der Waals surface area (Å²) in [6.07, 6.45) is 4.17. The van der Waals surface area contributed by atoms with E-state index in [1.807, 2.05) is 0 Å². The third kappa shape index (κ3) is 4.19. The van der Waals surface area contributed by atoms with Crippen LogP contribution in [0.15, 0.2) is 24.8 Å². The van der Waals surface area contributed by atoms with Crippen molar-refractivity contribution in [3.8, 4) is 5.75 Å². The summed E-state index contributed by atoms with van der Waals surface area (Å²) in [7, 11) is 0. The zero-order valence-electron chi connectivity index (χ0n) is 10.9. The molecule has 0 fully saturated rings. The fraction of sp³-hybridized carbons (Fsp3) is 0.400. The molecule has 98 valence electrons. The van der Waals surface area contributed by atoms with Gasteiger partial charge in [0.2, 0.25) is 0 Å². The lowest BCUT2D eigenvalue weighted by Crippen LogP contribution is -2.04. The smallest absolute Gasteiger partial charge is 0.150 e. The highest BCUT2D eigenvalue weighted by Crippen LogP contribution is 2.31. The standard InChI is InChI=1S/C15H19ClO2/c1-4-5-13-8-12(10-17)9-14(16)15(13)18-7-6-11(2)3/h4,8-11H,1,5-7H2,2-3H3. The maximum Gasteiger partial charge on any atom is 0.150 e. The monoisotopic (exact) mass is 266 g/mol. The molecule has 18 heavy (non-hydrogen) atoms. The maximum absolute atomic E-state index is 10.8. The molecule has 0 aliphatic rings. The molecule has 0 aliphatic heterocycles. The van der Waals surface area contributed by atoms with Gasteiger partial charge in [-0.15, -0.1) is 6.58 Å². The zero-order valence-corrected chi connectivity index (χ0v) is 11.7. The third-order valence-electron chi connectivity index (χ3n) is 2.58. The summed E-state index contributed by atoms with van der Waals surface area (Å²) in [5, 5.41) is 0.486. The molecule has 0 amide bonds. The van der Waals surface area contributed by atoms with E-state index < -0.39 is 0 Å². The van der Waals surface area contributed by atoms with Crippen LogP contribution in [-0.4, -0.2) is 12.9 Å². The summed E-state index contributed by atoms with van der Waals surface area (Å²) in [6.45, 7) is 8.62. The predicted molar refractivity (Wildman–Crippen MR) is 75.7 cm³/mol. The summed E-state index contributed by atoms with van der Waals surface area (Å²) in [5.74, 6) is 1.25. The molecular weight excluding hydrogens is 248 g/mol. The summed E-state index contributed by atoms with van der Waals surface area (Å²) in [4.78, 5) is 10.8. The lowest BCUT2D eigenvalue weighted by molar-refractivity contribution is 0.112. The molecule has 0 aliphatic carbocycles. The number of ether oxygens (including phenoxy) is 1. The Bertz CT molecular complexity index is 425. The van der Waals surface area contributed by atoms with Crippen LogP contribution in [-0.2, 0) is 6.42 Å². The number of aldehydes is 1. The van der Waals surface area contributed by atoms with E-state index in [1.165, 1.54) is 0 Å². The molecule has 0 bridgehead atoms. The highest BCUT2D eigenvalue weighted by atomic mass is 35.5. The molecule has 0 saturated heterocycles. The van der Waals surface area contributed by atoms with Crippen molar-refractivity contribution in [1.82, 2.24) is 0 Å². The van der Waals surface area contributed by atoms with Crippen LogP contribution >= 0.6 is 11.6 Å². The van der Waals surface area contributed by atoms with E-state index in [-0.39, 0.29) is 0 Å². The summed E-state index contributed by atoms with van der Waals surface area (Å²) < 4.78 is 5.74. The van der Waals surface area contributed by atoms with Crippen LogP contribution < -0.4 is 4.74 Å². The van der Waals surface area contributed by atoms with Crippen molar-refractivity contribution in [2.45, 2.75) is 26.7 Å². The van der Waals surface area contributed by atoms with Gasteiger partial charge in [0.25, 0.3) is 0 Å². The van der Waals surface area contributed by atoms with E-state index in [9.17, 15) is 4.79 Å². The van der Waals surface area contributed by atoms with Crippen molar-refractivity contribution in [2.24, 2.45) is 5.92 Å². The summed E-state index contributed by atoms with van der Waals surface area (Å²) in [6, 6.07) is 3.43. The van der Waals surface area contributed by atoms with Gasteiger partial charge in [-0.2, -0.15) is 0 Å². The molecule has 1 rings (SSSR count). The molecule has 1 aromatic rings. The highest BCUT2D eigenvalue weighted by Gasteiger charge is 2.10. The number of hydrogen-bond acceptors (Lipinski definition) is 2. The minimum atomic E-state index is 0.486. The van der Waals surface area contributed by atoms with Crippen molar-refractivity contribution >= 4 is 17.9 Å². The number of hydrogen-bond donors (Lipinski definition) is 0. The van der Waals surface area contributed by atoms with E-state index in [2.05, 4.69) is 20.4 Å². The Kier molecular flexibility index (Phi) is 5.93. The molecule has 2 nitrogen and oxygen atoms in total. The first-order valence-corrected chi connectivity index (χ1v) is 6.47. The zero-order chi connectivity index (χ0) is 13.5. The van der Waals surface area contributed by atoms with Crippen LogP contribution in [0.4, 0.5) is 0 Å². The number of allylic oxidation sites excluding steroid dienone is 1. The lowest BCUT2D eigenvalue weighted by atomic mass is 10.1. The Labute approximate surface area is 114 Å². The molecule has 1 aromatic carbocycles. The van der Waals surface area contributed by atoms with Crippen LogP contribution in [0.25, 0.3) is 0 Å². The Morgan fingerprint density at radius 3 is 2.72 bits per heavy atom. The Balaban J connectivity index is 2.92. The minimum Gasteiger partial charge on any atom is -0.492 e. The van der Waals surface area contributed by atoms with Crippen LogP contribution in [0.2, 0.25) is 5.02 Å². The van der Waals surface area contributed by atoms with Crippen molar-refractivity contribution in [3.05, 3.63) is 40.9 Å². The van der Waals surface area contributed by atoms with Gasteiger partial charge >= 0.3 is 0 Å². The number of carbonyl (C=O) groups is 1. The molecule has 3 heteroatoms. The predicted octanol–water partition coefficient (Wildman–Crippen LogP) is 4.31. The normalized spacial score (nSPS) is 10.4. The van der Waals surface area contributed by atoms with Gasteiger partial charge in [0.1, 0.15) is 12.0 Å². The first-order valence-electron chi connectivity index (χ1n) is 6.09. The SMILES string of the molecule is C=CCc1cc(C=O)cc(Cl)c1OCCC(C)C. The molecule has 0 aromatic heterocycles. The van der Waals surface area contributed by atoms with Gasteiger partial charge in [-0.05, 0) is 30.9 Å². The van der Waals surface area contributed by atoms with Crippen molar-refractivity contribution in [3.63, 3.8) is 0 Å². The second-order valence-electron chi connectivity index (χ2n) is 4.63. The first kappa shape index (κ1) is 14.8. The van der Waals surface area contributed by atoms with Gasteiger partial charge < -0.3 is 4.74 Å². The number of rotatable bonds is 7. The highest BCUT2D eigenvalue weighted by molar-refractivity contribution is 6.32. The molecule has 0 spiro atoms. The number of carbonyl (C=O) groups excluding carboxylic acids is 1. The number of benzene rings is 1. The van der Waals surface area contributed by atoms with E-state index in [1.54, 1.807) is 18.2 Å². The molecule has 0 atom stereocenters.